The molecule has 1 aliphatic rings. The van der Waals surface area contributed by atoms with Gasteiger partial charge in [0.05, 0.1) is 29.1 Å². The predicted molar refractivity (Wildman–Crippen MR) is 155 cm³/mol. The lowest BCUT2D eigenvalue weighted by molar-refractivity contribution is -0.139. The number of thiazole rings is 1. The minimum absolute atomic E-state index is 0.00544. The lowest BCUT2D eigenvalue weighted by atomic mass is 10.1. The Morgan fingerprint density at radius 2 is 1.86 bits per heavy atom. The maximum atomic E-state index is 14.0. The number of hydrogen-bond acceptors (Lipinski definition) is 9. The van der Waals surface area contributed by atoms with Gasteiger partial charge in [-0.25, -0.2) is 23.4 Å². The lowest BCUT2D eigenvalue weighted by Gasteiger charge is -2.16. The van der Waals surface area contributed by atoms with Crippen molar-refractivity contribution in [2.24, 2.45) is 0 Å². The predicted octanol–water partition coefficient (Wildman–Crippen LogP) is 6.28. The second kappa shape index (κ2) is 11.3. The Morgan fingerprint density at radius 3 is 2.62 bits per heavy atom. The first kappa shape index (κ1) is 28.1. The molecule has 0 amide bonds. The van der Waals surface area contributed by atoms with Crippen LogP contribution in [-0.2, 0) is 29.2 Å². The van der Waals surface area contributed by atoms with Crippen LogP contribution in [0, 0.1) is 0 Å². The van der Waals surface area contributed by atoms with Gasteiger partial charge in [0.2, 0.25) is 0 Å². The molecule has 0 atom stereocenters. The topological polar surface area (TPSA) is 97.3 Å². The van der Waals surface area contributed by atoms with Gasteiger partial charge in [-0.3, -0.25) is 4.90 Å². The molecule has 1 fully saturated rings. The first-order valence-electron chi connectivity index (χ1n) is 12.9. The molecule has 3 heterocycles. The van der Waals surface area contributed by atoms with Crippen LogP contribution in [0.1, 0.15) is 16.1 Å². The van der Waals surface area contributed by atoms with Crippen molar-refractivity contribution in [2.45, 2.75) is 19.3 Å². The van der Waals surface area contributed by atoms with Crippen molar-refractivity contribution in [1.29, 1.82) is 0 Å². The highest BCUT2D eigenvalue weighted by Crippen LogP contribution is 2.39. The van der Waals surface area contributed by atoms with Gasteiger partial charge in [0, 0.05) is 28.6 Å². The standard InChI is InChI=1S/C29H24F3N5O3S2/c30-29(31,32)23-13-21(7-9-26(23)40-15-19-4-2-1-3-5-19)35-28-22-12-20(6-8-24(22)33-17-34-28)25-16-41-27(36-25)14-37-10-11-42(38,39)18-37/h1-9,12-13,16-17H,10-11,14-15,18H2,(H,33,34,35). The SMILES string of the molecule is O=S1(=O)CCN(Cc2nc(-c3ccc4ncnc(Nc5ccc(OCc6ccccc6)c(C(F)(F)F)c5)c4c3)cs2)C1. The highest BCUT2D eigenvalue weighted by molar-refractivity contribution is 7.91. The third-order valence-corrected chi connectivity index (χ3v) is 9.12. The summed E-state index contributed by atoms with van der Waals surface area (Å²) in [6.07, 6.45) is -3.29. The number of alkyl halides is 3. The molecule has 0 unspecified atom stereocenters. The molecule has 0 saturated carbocycles. The van der Waals surface area contributed by atoms with E-state index in [0.717, 1.165) is 22.2 Å². The Labute approximate surface area is 243 Å². The zero-order chi connectivity index (χ0) is 29.3. The fraction of sp³-hybridized carbons (Fsp3) is 0.207. The Kier molecular flexibility index (Phi) is 7.56. The fourth-order valence-corrected chi connectivity index (χ4v) is 6.94. The third kappa shape index (κ3) is 6.37. The van der Waals surface area contributed by atoms with Crippen molar-refractivity contribution >= 4 is 43.6 Å². The smallest absolute Gasteiger partial charge is 0.420 e. The maximum Gasteiger partial charge on any atom is 0.420 e. The summed E-state index contributed by atoms with van der Waals surface area (Å²) >= 11 is 1.44. The summed E-state index contributed by atoms with van der Waals surface area (Å²) in [5, 5.41) is 6.30. The molecule has 1 saturated heterocycles. The number of hydrogen-bond donors (Lipinski definition) is 1. The van der Waals surface area contributed by atoms with Crippen molar-refractivity contribution < 1.29 is 26.3 Å². The number of rotatable bonds is 8. The lowest BCUT2D eigenvalue weighted by Crippen LogP contribution is -2.20. The van der Waals surface area contributed by atoms with Crippen molar-refractivity contribution in [3.63, 3.8) is 0 Å². The minimum Gasteiger partial charge on any atom is -0.488 e. The van der Waals surface area contributed by atoms with E-state index in [0.29, 0.717) is 35.5 Å². The summed E-state index contributed by atoms with van der Waals surface area (Å²) < 4.78 is 71.0. The molecule has 0 radical (unpaired) electrons. The Balaban J connectivity index is 1.25. The van der Waals surface area contributed by atoms with Crippen molar-refractivity contribution in [3.05, 3.63) is 94.6 Å². The molecule has 5 aromatic rings. The van der Waals surface area contributed by atoms with Crippen LogP contribution in [-0.4, -0.2) is 46.4 Å². The van der Waals surface area contributed by atoms with Crippen LogP contribution in [0.4, 0.5) is 24.7 Å². The molecule has 0 bridgehead atoms. The molecule has 0 spiro atoms. The highest BCUT2D eigenvalue weighted by atomic mass is 32.2. The van der Waals surface area contributed by atoms with Gasteiger partial charge >= 0.3 is 6.18 Å². The van der Waals surface area contributed by atoms with Gasteiger partial charge in [-0.15, -0.1) is 11.3 Å². The molecule has 13 heteroatoms. The van der Waals surface area contributed by atoms with Crippen LogP contribution < -0.4 is 10.1 Å². The average Bonchev–Trinajstić information content (AvgIpc) is 3.58. The van der Waals surface area contributed by atoms with Gasteiger partial charge in [0.1, 0.15) is 35.4 Å². The molecule has 6 rings (SSSR count). The molecular weight excluding hydrogens is 587 g/mol. The van der Waals surface area contributed by atoms with Crippen molar-refractivity contribution in [3.8, 4) is 17.0 Å². The van der Waals surface area contributed by atoms with E-state index in [1.807, 2.05) is 28.5 Å². The van der Waals surface area contributed by atoms with Gasteiger partial charge < -0.3 is 10.1 Å². The van der Waals surface area contributed by atoms with E-state index in [1.165, 1.54) is 29.8 Å². The number of halogens is 3. The Bertz CT molecular complexity index is 1850. The van der Waals surface area contributed by atoms with Crippen LogP contribution in [0.25, 0.3) is 22.2 Å². The van der Waals surface area contributed by atoms with Gasteiger partial charge in [-0.1, -0.05) is 36.4 Å². The number of nitrogens with zero attached hydrogens (tertiary/aromatic N) is 4. The highest BCUT2D eigenvalue weighted by Gasteiger charge is 2.35. The van der Waals surface area contributed by atoms with Crippen LogP contribution in [0.3, 0.4) is 0 Å². The van der Waals surface area contributed by atoms with E-state index >= 15 is 0 Å². The largest absolute Gasteiger partial charge is 0.488 e. The number of benzene rings is 3. The van der Waals surface area contributed by atoms with Crippen LogP contribution >= 0.6 is 11.3 Å². The number of nitrogens with one attached hydrogen (secondary N) is 1. The summed E-state index contributed by atoms with van der Waals surface area (Å²) in [4.78, 5) is 15.1. The Hall–Kier alpha value is -4.07. The monoisotopic (exact) mass is 611 g/mol. The molecule has 0 aliphatic carbocycles. The molecule has 1 aliphatic heterocycles. The second-order valence-electron chi connectivity index (χ2n) is 9.82. The van der Waals surface area contributed by atoms with E-state index in [4.69, 9.17) is 4.74 Å². The fourth-order valence-electron chi connectivity index (χ4n) is 4.65. The Morgan fingerprint density at radius 1 is 1.02 bits per heavy atom. The third-order valence-electron chi connectivity index (χ3n) is 6.72. The molecule has 1 N–H and O–H groups in total. The van der Waals surface area contributed by atoms with E-state index in [-0.39, 0.29) is 29.7 Å². The molecule has 8 nitrogen and oxygen atoms in total. The summed E-state index contributed by atoms with van der Waals surface area (Å²) in [6.45, 7) is 0.932. The quantitative estimate of drug-likeness (QED) is 0.219. The summed E-state index contributed by atoms with van der Waals surface area (Å²) in [7, 11) is -3.03. The number of fused-ring (bicyclic) bond motifs is 1. The average molecular weight is 612 g/mol. The molecule has 3 aromatic carbocycles. The first-order valence-corrected chi connectivity index (χ1v) is 15.6. The van der Waals surface area contributed by atoms with E-state index in [9.17, 15) is 21.6 Å². The minimum atomic E-state index is -4.63. The second-order valence-corrected chi connectivity index (χ2v) is 12.9. The normalized spacial score (nSPS) is 15.2. The van der Waals surface area contributed by atoms with E-state index < -0.39 is 21.6 Å². The van der Waals surface area contributed by atoms with E-state index in [2.05, 4.69) is 20.3 Å². The maximum absolute atomic E-state index is 14.0. The van der Waals surface area contributed by atoms with Crippen LogP contribution in [0.2, 0.25) is 0 Å². The molecule has 42 heavy (non-hydrogen) atoms. The number of aromatic nitrogens is 3. The van der Waals surface area contributed by atoms with Crippen LogP contribution in [0.5, 0.6) is 5.75 Å². The number of ether oxygens (including phenoxy) is 1. The van der Waals surface area contributed by atoms with Gasteiger partial charge in [0.25, 0.3) is 0 Å². The summed E-state index contributed by atoms with van der Waals surface area (Å²) in [6, 6.07) is 18.3. The number of sulfone groups is 1. The van der Waals surface area contributed by atoms with Gasteiger partial charge in [0.15, 0.2) is 9.84 Å². The molecule has 2 aromatic heterocycles. The number of anilines is 2. The molecular formula is C29H24F3N5O3S2. The summed E-state index contributed by atoms with van der Waals surface area (Å²) in [5.74, 6) is 0.253. The van der Waals surface area contributed by atoms with Crippen molar-refractivity contribution in [2.75, 3.05) is 23.5 Å². The van der Waals surface area contributed by atoms with Crippen molar-refractivity contribution in [1.82, 2.24) is 19.9 Å². The first-order chi connectivity index (χ1) is 20.1. The summed E-state index contributed by atoms with van der Waals surface area (Å²) in [5.41, 5.74) is 2.13. The zero-order valence-corrected chi connectivity index (χ0v) is 23.6. The van der Waals surface area contributed by atoms with Gasteiger partial charge in [-0.05, 0) is 35.9 Å². The zero-order valence-electron chi connectivity index (χ0n) is 22.0. The van der Waals surface area contributed by atoms with Gasteiger partial charge in [-0.2, -0.15) is 13.2 Å². The molecule has 216 valence electrons. The van der Waals surface area contributed by atoms with E-state index in [1.54, 1.807) is 30.3 Å². The van der Waals surface area contributed by atoms with Crippen LogP contribution in [0.15, 0.2) is 78.4 Å².